The van der Waals surface area contributed by atoms with Crippen LogP contribution < -0.4 is 5.32 Å². The molecule has 1 aliphatic rings. The van der Waals surface area contributed by atoms with Crippen LogP contribution in [-0.2, 0) is 4.74 Å². The number of hydrogen-bond acceptors (Lipinski definition) is 2. The van der Waals surface area contributed by atoms with Crippen LogP contribution in [0.2, 0.25) is 0 Å². The highest BCUT2D eigenvalue weighted by Gasteiger charge is 2.47. The van der Waals surface area contributed by atoms with E-state index in [-0.39, 0.29) is 11.0 Å². The van der Waals surface area contributed by atoms with Gasteiger partial charge in [-0.3, -0.25) is 0 Å². The summed E-state index contributed by atoms with van der Waals surface area (Å²) in [5.41, 5.74) is 0.729. The fraction of sp³-hybridized carbons (Fsp3) is 1.00. The Morgan fingerprint density at radius 2 is 1.53 bits per heavy atom. The average molecular weight is 241 g/mol. The van der Waals surface area contributed by atoms with Crippen LogP contribution in [-0.4, -0.2) is 25.8 Å². The van der Waals surface area contributed by atoms with Gasteiger partial charge in [-0.25, -0.2) is 0 Å². The molecule has 2 nitrogen and oxygen atoms in total. The van der Waals surface area contributed by atoms with E-state index in [0.29, 0.717) is 11.5 Å². The lowest BCUT2D eigenvalue weighted by atomic mass is 9.64. The van der Waals surface area contributed by atoms with Crippen LogP contribution in [0.25, 0.3) is 0 Å². The minimum absolute atomic E-state index is 0.0164. The number of rotatable bonds is 3. The number of hydrogen-bond donors (Lipinski definition) is 1. The third-order valence-corrected chi connectivity index (χ3v) is 4.54. The molecule has 1 saturated carbocycles. The van der Waals surface area contributed by atoms with E-state index in [4.69, 9.17) is 4.74 Å². The predicted molar refractivity (Wildman–Crippen MR) is 74.3 cm³/mol. The molecular weight excluding hydrogens is 210 g/mol. The van der Waals surface area contributed by atoms with Gasteiger partial charge in [-0.15, -0.1) is 0 Å². The van der Waals surface area contributed by atoms with E-state index < -0.39 is 0 Å². The molecule has 0 aromatic carbocycles. The van der Waals surface area contributed by atoms with E-state index in [1.165, 1.54) is 25.7 Å². The Hall–Kier alpha value is -0.0800. The molecule has 17 heavy (non-hydrogen) atoms. The van der Waals surface area contributed by atoms with Crippen molar-refractivity contribution in [3.63, 3.8) is 0 Å². The van der Waals surface area contributed by atoms with E-state index in [0.717, 1.165) is 0 Å². The highest BCUT2D eigenvalue weighted by molar-refractivity contribution is 5.02. The molecule has 1 rings (SSSR count). The van der Waals surface area contributed by atoms with Crippen molar-refractivity contribution in [1.82, 2.24) is 5.32 Å². The lowest BCUT2D eigenvalue weighted by Crippen LogP contribution is -2.59. The summed E-state index contributed by atoms with van der Waals surface area (Å²) in [6.45, 7) is 11.6. The normalized spacial score (nSPS) is 25.6. The van der Waals surface area contributed by atoms with Crippen molar-refractivity contribution in [3.05, 3.63) is 0 Å². The van der Waals surface area contributed by atoms with Crippen LogP contribution in [0.5, 0.6) is 0 Å². The first-order valence-corrected chi connectivity index (χ1v) is 6.89. The maximum atomic E-state index is 5.99. The number of nitrogens with one attached hydrogen (secondary N) is 1. The van der Waals surface area contributed by atoms with Crippen LogP contribution in [0.3, 0.4) is 0 Å². The van der Waals surface area contributed by atoms with Crippen LogP contribution in [0.15, 0.2) is 0 Å². The largest absolute Gasteiger partial charge is 0.377 e. The Morgan fingerprint density at radius 1 is 1.06 bits per heavy atom. The van der Waals surface area contributed by atoms with Crippen LogP contribution in [0.4, 0.5) is 0 Å². The summed E-state index contributed by atoms with van der Waals surface area (Å²) in [6, 6.07) is 0.413. The fourth-order valence-corrected chi connectivity index (χ4v) is 3.45. The molecule has 0 bridgehead atoms. The molecule has 1 atom stereocenters. The molecule has 0 radical (unpaired) electrons. The standard InChI is InChI=1S/C15H31NO/c1-13(2,3)12(16-6)15(17-7)10-8-14(4,5)9-11-15/h12,16H,8-11H2,1-7H3. The maximum absolute atomic E-state index is 5.99. The van der Waals surface area contributed by atoms with Gasteiger partial charge in [0.05, 0.1) is 5.60 Å². The topological polar surface area (TPSA) is 21.3 Å². The highest BCUT2D eigenvalue weighted by atomic mass is 16.5. The first-order valence-electron chi connectivity index (χ1n) is 6.89. The molecular formula is C15H31NO. The number of likely N-dealkylation sites (N-methyl/N-ethyl adjacent to an activating group) is 1. The van der Waals surface area contributed by atoms with Crippen molar-refractivity contribution in [2.75, 3.05) is 14.2 Å². The summed E-state index contributed by atoms with van der Waals surface area (Å²) >= 11 is 0. The Kier molecular flexibility index (Phi) is 4.31. The second kappa shape index (κ2) is 4.89. The lowest BCUT2D eigenvalue weighted by Gasteiger charge is -2.51. The highest BCUT2D eigenvalue weighted by Crippen LogP contribution is 2.46. The lowest BCUT2D eigenvalue weighted by molar-refractivity contribution is -0.107. The van der Waals surface area contributed by atoms with E-state index in [2.05, 4.69) is 47.0 Å². The smallest absolute Gasteiger partial charge is 0.0836 e. The molecule has 0 amide bonds. The summed E-state index contributed by atoms with van der Waals surface area (Å²) in [6.07, 6.45) is 4.85. The molecule has 0 heterocycles. The summed E-state index contributed by atoms with van der Waals surface area (Å²) in [7, 11) is 3.95. The fourth-order valence-electron chi connectivity index (χ4n) is 3.45. The van der Waals surface area contributed by atoms with Gasteiger partial charge in [-0.1, -0.05) is 34.6 Å². The zero-order valence-electron chi connectivity index (χ0n) is 12.8. The van der Waals surface area contributed by atoms with Crippen molar-refractivity contribution in [1.29, 1.82) is 0 Å². The number of ether oxygens (including phenoxy) is 1. The van der Waals surface area contributed by atoms with Gasteiger partial charge >= 0.3 is 0 Å². The molecule has 1 unspecified atom stereocenters. The van der Waals surface area contributed by atoms with Gasteiger partial charge in [-0.2, -0.15) is 0 Å². The molecule has 1 aliphatic carbocycles. The van der Waals surface area contributed by atoms with Crippen LogP contribution in [0, 0.1) is 10.8 Å². The van der Waals surface area contributed by atoms with Gasteiger partial charge in [0.15, 0.2) is 0 Å². The van der Waals surface area contributed by atoms with Gasteiger partial charge in [0.25, 0.3) is 0 Å². The Balaban J connectivity index is 2.90. The summed E-state index contributed by atoms with van der Waals surface area (Å²) in [4.78, 5) is 0. The molecule has 0 spiro atoms. The van der Waals surface area contributed by atoms with Crippen LogP contribution >= 0.6 is 0 Å². The second-order valence-corrected chi connectivity index (χ2v) is 7.52. The zero-order valence-corrected chi connectivity index (χ0v) is 12.8. The van der Waals surface area contributed by atoms with E-state index >= 15 is 0 Å². The Labute approximate surface area is 108 Å². The molecule has 0 aromatic rings. The first-order chi connectivity index (χ1) is 7.67. The zero-order chi connectivity index (χ0) is 13.3. The van der Waals surface area contributed by atoms with Crippen molar-refractivity contribution < 1.29 is 4.74 Å². The Morgan fingerprint density at radius 3 is 1.82 bits per heavy atom. The maximum Gasteiger partial charge on any atom is 0.0836 e. The molecule has 1 N–H and O–H groups in total. The summed E-state index contributed by atoms with van der Waals surface area (Å²) < 4.78 is 5.99. The minimum Gasteiger partial charge on any atom is -0.377 e. The monoisotopic (exact) mass is 241 g/mol. The Bertz CT molecular complexity index is 242. The average Bonchev–Trinajstić information content (AvgIpc) is 2.20. The molecule has 0 aliphatic heterocycles. The van der Waals surface area contributed by atoms with Gasteiger partial charge in [-0.05, 0) is 43.6 Å². The van der Waals surface area contributed by atoms with E-state index in [1.807, 2.05) is 7.11 Å². The quantitative estimate of drug-likeness (QED) is 0.815. The molecule has 1 fully saturated rings. The SMILES string of the molecule is CNC(C(C)(C)C)C1(OC)CCC(C)(C)CC1. The van der Waals surface area contributed by atoms with Gasteiger partial charge in [0, 0.05) is 13.2 Å². The molecule has 0 saturated heterocycles. The molecule has 0 aromatic heterocycles. The predicted octanol–water partition coefficient (Wildman–Crippen LogP) is 3.61. The second-order valence-electron chi connectivity index (χ2n) is 7.52. The van der Waals surface area contributed by atoms with E-state index in [1.54, 1.807) is 0 Å². The van der Waals surface area contributed by atoms with Gasteiger partial charge in [0.2, 0.25) is 0 Å². The van der Waals surface area contributed by atoms with Gasteiger partial charge < -0.3 is 10.1 Å². The van der Waals surface area contributed by atoms with Crippen molar-refractivity contribution >= 4 is 0 Å². The molecule has 2 heteroatoms. The number of methoxy groups -OCH3 is 1. The van der Waals surface area contributed by atoms with Crippen molar-refractivity contribution in [3.8, 4) is 0 Å². The third-order valence-electron chi connectivity index (χ3n) is 4.54. The molecule has 102 valence electrons. The van der Waals surface area contributed by atoms with Crippen molar-refractivity contribution in [2.24, 2.45) is 10.8 Å². The van der Waals surface area contributed by atoms with Crippen molar-refractivity contribution in [2.45, 2.75) is 71.9 Å². The minimum atomic E-state index is 0.0164. The summed E-state index contributed by atoms with van der Waals surface area (Å²) in [5, 5.41) is 3.51. The third kappa shape index (κ3) is 3.23. The van der Waals surface area contributed by atoms with E-state index in [9.17, 15) is 0 Å². The summed E-state index contributed by atoms with van der Waals surface area (Å²) in [5.74, 6) is 0. The first kappa shape index (κ1) is 15.0. The van der Waals surface area contributed by atoms with Crippen LogP contribution in [0.1, 0.15) is 60.3 Å². The van der Waals surface area contributed by atoms with Gasteiger partial charge in [0.1, 0.15) is 0 Å².